The van der Waals surface area contributed by atoms with Crippen LogP contribution in [-0.2, 0) is 11.3 Å². The first-order valence-corrected chi connectivity index (χ1v) is 9.12. The topological polar surface area (TPSA) is 78.3 Å². The van der Waals surface area contributed by atoms with E-state index in [9.17, 15) is 4.79 Å². The number of ether oxygens (including phenoxy) is 2. The Morgan fingerprint density at radius 1 is 1.35 bits per heavy atom. The predicted molar refractivity (Wildman–Crippen MR) is 97.1 cm³/mol. The molecule has 7 heteroatoms. The van der Waals surface area contributed by atoms with Crippen molar-refractivity contribution in [1.29, 1.82) is 0 Å². The molecule has 26 heavy (non-hydrogen) atoms. The van der Waals surface area contributed by atoms with Crippen molar-refractivity contribution in [2.45, 2.75) is 57.7 Å². The van der Waals surface area contributed by atoms with Gasteiger partial charge in [0.1, 0.15) is 12.7 Å². The minimum Gasteiger partial charge on any atom is -0.493 e. The fourth-order valence-electron chi connectivity index (χ4n) is 3.20. The van der Waals surface area contributed by atoms with E-state index in [0.717, 1.165) is 24.2 Å². The molecule has 1 atom stereocenters. The average Bonchev–Trinajstić information content (AvgIpc) is 3.34. The molecule has 1 unspecified atom stereocenters. The minimum atomic E-state index is -0.118. The summed E-state index contributed by atoms with van der Waals surface area (Å²) in [5, 5.41) is 7.00. The van der Waals surface area contributed by atoms with E-state index < -0.39 is 0 Å². The van der Waals surface area contributed by atoms with Crippen LogP contribution in [-0.4, -0.2) is 33.9 Å². The monoisotopic (exact) mass is 358 g/mol. The van der Waals surface area contributed by atoms with Gasteiger partial charge < -0.3 is 14.8 Å². The van der Waals surface area contributed by atoms with Gasteiger partial charge in [0.25, 0.3) is 0 Å². The molecule has 0 bridgehead atoms. The highest BCUT2D eigenvalue weighted by atomic mass is 16.5. The second kappa shape index (κ2) is 8.69. The van der Waals surface area contributed by atoms with Crippen molar-refractivity contribution in [2.75, 3.05) is 7.11 Å². The molecule has 1 aliphatic carbocycles. The molecule has 0 spiro atoms. The molecule has 1 aliphatic rings. The van der Waals surface area contributed by atoms with Crippen LogP contribution >= 0.6 is 0 Å². The van der Waals surface area contributed by atoms with Gasteiger partial charge in [0.2, 0.25) is 5.91 Å². The van der Waals surface area contributed by atoms with Gasteiger partial charge in [0, 0.05) is 6.42 Å². The Bertz CT molecular complexity index is 712. The lowest BCUT2D eigenvalue weighted by Gasteiger charge is -2.19. The van der Waals surface area contributed by atoms with Crippen LogP contribution in [0.2, 0.25) is 0 Å². The van der Waals surface area contributed by atoms with Gasteiger partial charge in [0.05, 0.1) is 25.8 Å². The lowest BCUT2D eigenvalue weighted by molar-refractivity contribution is -0.122. The third-order valence-corrected chi connectivity index (χ3v) is 4.70. The van der Waals surface area contributed by atoms with Gasteiger partial charge in [-0.3, -0.25) is 9.48 Å². The predicted octanol–water partition coefficient (Wildman–Crippen LogP) is 2.88. The highest BCUT2D eigenvalue weighted by Gasteiger charge is 2.19. The molecule has 0 saturated heterocycles. The summed E-state index contributed by atoms with van der Waals surface area (Å²) >= 11 is 0. The molecule has 1 aromatic heterocycles. The molecular formula is C19H26N4O3. The van der Waals surface area contributed by atoms with Gasteiger partial charge in [-0.25, -0.2) is 4.98 Å². The first kappa shape index (κ1) is 18.2. The summed E-state index contributed by atoms with van der Waals surface area (Å²) in [4.78, 5) is 16.0. The van der Waals surface area contributed by atoms with Crippen LogP contribution in [0.3, 0.4) is 0 Å². The molecular weight excluding hydrogens is 332 g/mol. The Morgan fingerprint density at radius 3 is 2.85 bits per heavy atom. The van der Waals surface area contributed by atoms with Crippen LogP contribution in [0.25, 0.3) is 0 Å². The van der Waals surface area contributed by atoms with Crippen molar-refractivity contribution in [2.24, 2.45) is 0 Å². The highest BCUT2D eigenvalue weighted by molar-refractivity contribution is 5.76. The molecule has 0 radical (unpaired) electrons. The first-order chi connectivity index (χ1) is 12.7. The summed E-state index contributed by atoms with van der Waals surface area (Å²) in [5.74, 6) is 1.45. The molecule has 1 N–H and O–H groups in total. The van der Waals surface area contributed by atoms with Crippen LogP contribution in [0, 0.1) is 0 Å². The third kappa shape index (κ3) is 4.74. The first-order valence-electron chi connectivity index (χ1n) is 9.12. The summed E-state index contributed by atoms with van der Waals surface area (Å²) in [6.07, 6.45) is 8.35. The maximum absolute atomic E-state index is 12.1. The SMILES string of the molecule is COc1cc(C(C)NC(=O)CCn2cncn2)ccc1OC1CCCC1. The lowest BCUT2D eigenvalue weighted by Crippen LogP contribution is -2.27. The van der Waals surface area contributed by atoms with Crippen molar-refractivity contribution in [3.63, 3.8) is 0 Å². The van der Waals surface area contributed by atoms with Gasteiger partial charge in [-0.15, -0.1) is 0 Å². The van der Waals surface area contributed by atoms with Crippen LogP contribution in [0.4, 0.5) is 0 Å². The normalized spacial score (nSPS) is 15.6. The second-order valence-corrected chi connectivity index (χ2v) is 6.63. The number of methoxy groups -OCH3 is 1. The number of hydrogen-bond acceptors (Lipinski definition) is 5. The van der Waals surface area contributed by atoms with Gasteiger partial charge in [0.15, 0.2) is 11.5 Å². The van der Waals surface area contributed by atoms with Crippen molar-refractivity contribution >= 4 is 5.91 Å². The van der Waals surface area contributed by atoms with Crippen molar-refractivity contribution < 1.29 is 14.3 Å². The van der Waals surface area contributed by atoms with Crippen LogP contribution in [0.1, 0.15) is 50.6 Å². The number of nitrogens with one attached hydrogen (secondary N) is 1. The third-order valence-electron chi connectivity index (χ3n) is 4.70. The Hall–Kier alpha value is -2.57. The zero-order valence-electron chi connectivity index (χ0n) is 15.4. The second-order valence-electron chi connectivity index (χ2n) is 6.63. The van der Waals surface area contributed by atoms with Crippen LogP contribution in [0.15, 0.2) is 30.9 Å². The molecule has 0 aliphatic heterocycles. The van der Waals surface area contributed by atoms with E-state index in [1.165, 1.54) is 19.2 Å². The van der Waals surface area contributed by atoms with Crippen LogP contribution < -0.4 is 14.8 Å². The summed E-state index contributed by atoms with van der Waals surface area (Å²) < 4.78 is 13.2. The van der Waals surface area contributed by atoms with E-state index >= 15 is 0 Å². The quantitative estimate of drug-likeness (QED) is 0.785. The summed E-state index contributed by atoms with van der Waals surface area (Å²) in [6, 6.07) is 5.74. The number of carbonyl (C=O) groups is 1. The van der Waals surface area contributed by atoms with Crippen molar-refractivity contribution in [1.82, 2.24) is 20.1 Å². The van der Waals surface area contributed by atoms with Gasteiger partial charge >= 0.3 is 0 Å². The van der Waals surface area contributed by atoms with E-state index in [1.807, 2.05) is 25.1 Å². The number of hydrogen-bond donors (Lipinski definition) is 1. The van der Waals surface area contributed by atoms with Gasteiger partial charge in [-0.05, 0) is 50.3 Å². The summed E-state index contributed by atoms with van der Waals surface area (Å²) in [5.41, 5.74) is 0.981. The summed E-state index contributed by atoms with van der Waals surface area (Å²) in [6.45, 7) is 2.47. The lowest BCUT2D eigenvalue weighted by atomic mass is 10.1. The molecule has 1 heterocycles. The Kier molecular flexibility index (Phi) is 6.09. The molecule has 1 saturated carbocycles. The average molecular weight is 358 g/mol. The maximum Gasteiger partial charge on any atom is 0.222 e. The number of amides is 1. The fraction of sp³-hybridized carbons (Fsp3) is 0.526. The van der Waals surface area contributed by atoms with Gasteiger partial charge in [-0.2, -0.15) is 5.10 Å². The Morgan fingerprint density at radius 2 is 2.15 bits per heavy atom. The number of rotatable bonds is 8. The molecule has 2 aromatic rings. The zero-order chi connectivity index (χ0) is 18.4. The minimum absolute atomic E-state index is 0.0294. The zero-order valence-corrected chi connectivity index (χ0v) is 15.4. The van der Waals surface area contributed by atoms with E-state index in [-0.39, 0.29) is 18.1 Å². The van der Waals surface area contributed by atoms with Crippen molar-refractivity contribution in [3.05, 3.63) is 36.4 Å². The molecule has 140 valence electrons. The van der Waals surface area contributed by atoms with Gasteiger partial charge in [-0.1, -0.05) is 6.07 Å². The molecule has 3 rings (SSSR count). The number of carbonyl (C=O) groups excluding carboxylic acids is 1. The van der Waals surface area contributed by atoms with E-state index in [2.05, 4.69) is 15.4 Å². The molecule has 7 nitrogen and oxygen atoms in total. The Balaban J connectivity index is 1.57. The number of aromatic nitrogens is 3. The highest BCUT2D eigenvalue weighted by Crippen LogP contribution is 2.33. The maximum atomic E-state index is 12.1. The summed E-state index contributed by atoms with van der Waals surface area (Å²) in [7, 11) is 1.64. The Labute approximate surface area is 153 Å². The number of aryl methyl sites for hydroxylation is 1. The standard InChI is InChI=1S/C19H26N4O3/c1-14(22-19(24)9-10-23-13-20-12-21-23)15-7-8-17(18(11-15)25-2)26-16-5-3-4-6-16/h7-8,11-14,16H,3-6,9-10H2,1-2H3,(H,22,24). The van der Waals surface area contributed by atoms with E-state index in [4.69, 9.17) is 9.47 Å². The van der Waals surface area contributed by atoms with E-state index in [1.54, 1.807) is 18.1 Å². The molecule has 1 aromatic carbocycles. The van der Waals surface area contributed by atoms with Crippen LogP contribution in [0.5, 0.6) is 11.5 Å². The number of benzene rings is 1. The smallest absolute Gasteiger partial charge is 0.222 e. The molecule has 1 amide bonds. The number of nitrogens with zero attached hydrogens (tertiary/aromatic N) is 3. The fourth-order valence-corrected chi connectivity index (χ4v) is 3.20. The molecule has 1 fully saturated rings. The van der Waals surface area contributed by atoms with E-state index in [0.29, 0.717) is 18.7 Å². The largest absolute Gasteiger partial charge is 0.493 e. The van der Waals surface area contributed by atoms with Crippen molar-refractivity contribution in [3.8, 4) is 11.5 Å².